The number of amides is 1. The molecule has 3 saturated heterocycles. The van der Waals surface area contributed by atoms with E-state index in [1.807, 2.05) is 0 Å². The van der Waals surface area contributed by atoms with Crippen molar-refractivity contribution in [3.8, 4) is 0 Å². The molecule has 2 bridgehead atoms. The Morgan fingerprint density at radius 2 is 1.95 bits per heavy atom. The zero-order chi connectivity index (χ0) is 15.5. The highest BCUT2D eigenvalue weighted by Gasteiger charge is 2.36. The third-order valence-corrected chi connectivity index (χ3v) is 6.35. The summed E-state index contributed by atoms with van der Waals surface area (Å²) >= 11 is 0. The van der Waals surface area contributed by atoms with Crippen molar-refractivity contribution in [2.75, 3.05) is 20.1 Å². The van der Waals surface area contributed by atoms with Crippen molar-refractivity contribution in [2.24, 2.45) is 11.8 Å². The second kappa shape index (κ2) is 7.31. The first kappa shape index (κ1) is 16.3. The first-order chi connectivity index (χ1) is 10.6. The molecule has 0 aromatic rings. The number of piperidine rings is 3. The highest BCUT2D eigenvalue weighted by Crippen LogP contribution is 2.32. The minimum Gasteiger partial charge on any atom is -0.353 e. The van der Waals surface area contributed by atoms with Crippen LogP contribution in [0.2, 0.25) is 0 Å². The first-order valence-corrected chi connectivity index (χ1v) is 9.35. The van der Waals surface area contributed by atoms with E-state index in [1.165, 1.54) is 32.1 Å². The van der Waals surface area contributed by atoms with Gasteiger partial charge < -0.3 is 15.5 Å². The summed E-state index contributed by atoms with van der Waals surface area (Å²) in [5, 5.41) is 6.82. The van der Waals surface area contributed by atoms with Crippen LogP contribution in [0.15, 0.2) is 0 Å². The van der Waals surface area contributed by atoms with Crippen LogP contribution in [0.3, 0.4) is 0 Å². The summed E-state index contributed by atoms with van der Waals surface area (Å²) in [6.45, 7) is 4.49. The van der Waals surface area contributed by atoms with E-state index in [1.54, 1.807) is 0 Å². The van der Waals surface area contributed by atoms with E-state index in [4.69, 9.17) is 0 Å². The van der Waals surface area contributed by atoms with E-state index in [0.29, 0.717) is 36.4 Å². The molecule has 0 spiro atoms. The average Bonchev–Trinajstić information content (AvgIpc) is 2.49. The maximum Gasteiger partial charge on any atom is 0.220 e. The lowest BCUT2D eigenvalue weighted by molar-refractivity contribution is -0.123. The molecule has 3 heterocycles. The van der Waals surface area contributed by atoms with Crippen LogP contribution in [0.1, 0.15) is 58.3 Å². The lowest BCUT2D eigenvalue weighted by Crippen LogP contribution is -2.55. The third kappa shape index (κ3) is 3.83. The summed E-state index contributed by atoms with van der Waals surface area (Å²) in [5.74, 6) is 1.46. The first-order valence-electron chi connectivity index (χ1n) is 9.35. The average molecular weight is 307 g/mol. The van der Waals surface area contributed by atoms with E-state index in [-0.39, 0.29) is 5.91 Å². The van der Waals surface area contributed by atoms with Gasteiger partial charge in [0.05, 0.1) is 0 Å². The van der Waals surface area contributed by atoms with Gasteiger partial charge in [-0.2, -0.15) is 0 Å². The Balaban J connectivity index is 1.45. The quantitative estimate of drug-likeness (QED) is 0.836. The molecule has 4 heteroatoms. The Hall–Kier alpha value is -0.610. The molecule has 4 atom stereocenters. The lowest BCUT2D eigenvalue weighted by Gasteiger charge is -2.47. The Labute approximate surface area is 135 Å². The van der Waals surface area contributed by atoms with Crippen LogP contribution in [0.5, 0.6) is 0 Å². The fourth-order valence-corrected chi connectivity index (χ4v) is 4.84. The van der Waals surface area contributed by atoms with Gasteiger partial charge in [-0.1, -0.05) is 13.3 Å². The van der Waals surface area contributed by atoms with Crippen LogP contribution < -0.4 is 10.6 Å². The van der Waals surface area contributed by atoms with Crippen molar-refractivity contribution in [3.63, 3.8) is 0 Å². The van der Waals surface area contributed by atoms with Crippen LogP contribution in [0, 0.1) is 11.8 Å². The molecule has 0 saturated carbocycles. The number of hydrogen-bond acceptors (Lipinski definition) is 3. The summed E-state index contributed by atoms with van der Waals surface area (Å²) in [6.07, 6.45) is 9.53. The highest BCUT2D eigenvalue weighted by atomic mass is 16.1. The van der Waals surface area contributed by atoms with Gasteiger partial charge in [-0.3, -0.25) is 4.79 Å². The molecule has 0 radical (unpaired) electrons. The summed E-state index contributed by atoms with van der Waals surface area (Å²) in [5.41, 5.74) is 0. The van der Waals surface area contributed by atoms with Crippen molar-refractivity contribution in [1.82, 2.24) is 15.5 Å². The molecule has 0 aliphatic carbocycles. The van der Waals surface area contributed by atoms with E-state index in [9.17, 15) is 4.79 Å². The number of hydrogen-bond donors (Lipinski definition) is 2. The molecule has 0 aromatic carbocycles. The van der Waals surface area contributed by atoms with E-state index in [0.717, 1.165) is 25.9 Å². The Kier molecular flexibility index (Phi) is 5.40. The van der Waals surface area contributed by atoms with E-state index in [2.05, 4.69) is 29.5 Å². The van der Waals surface area contributed by atoms with Crippen LogP contribution in [-0.2, 0) is 4.79 Å². The van der Waals surface area contributed by atoms with Crippen molar-refractivity contribution >= 4 is 5.91 Å². The van der Waals surface area contributed by atoms with Gasteiger partial charge in [-0.15, -0.1) is 0 Å². The topological polar surface area (TPSA) is 44.4 Å². The van der Waals surface area contributed by atoms with Crippen LogP contribution in [-0.4, -0.2) is 49.1 Å². The maximum atomic E-state index is 12.4. The molecular formula is C18H33N3O. The van der Waals surface area contributed by atoms with Crippen LogP contribution >= 0.6 is 0 Å². The largest absolute Gasteiger partial charge is 0.353 e. The molecule has 3 rings (SSSR count). The summed E-state index contributed by atoms with van der Waals surface area (Å²) in [7, 11) is 2.27. The minimum atomic E-state index is 0.283. The Morgan fingerprint density at radius 1 is 1.23 bits per heavy atom. The van der Waals surface area contributed by atoms with Gasteiger partial charge in [0.1, 0.15) is 0 Å². The second-order valence-corrected chi connectivity index (χ2v) is 7.93. The molecule has 4 unspecified atom stereocenters. The molecule has 1 amide bonds. The molecule has 0 aromatic heterocycles. The zero-order valence-electron chi connectivity index (χ0n) is 14.3. The van der Waals surface area contributed by atoms with Gasteiger partial charge >= 0.3 is 0 Å². The van der Waals surface area contributed by atoms with E-state index >= 15 is 0 Å². The third-order valence-electron chi connectivity index (χ3n) is 6.35. The zero-order valence-corrected chi connectivity index (χ0v) is 14.3. The van der Waals surface area contributed by atoms with Gasteiger partial charge in [0, 0.05) is 24.5 Å². The molecular weight excluding hydrogens is 274 g/mol. The SMILES string of the molecule is CC(CC(=O)NC1CC2CCCC(C1)N2C)C1CCCNC1. The fraction of sp³-hybridized carbons (Fsp3) is 0.944. The van der Waals surface area contributed by atoms with Gasteiger partial charge in [0.25, 0.3) is 0 Å². The number of rotatable bonds is 4. The molecule has 22 heavy (non-hydrogen) atoms. The minimum absolute atomic E-state index is 0.283. The lowest BCUT2D eigenvalue weighted by atomic mass is 9.82. The second-order valence-electron chi connectivity index (χ2n) is 7.93. The highest BCUT2D eigenvalue weighted by molar-refractivity contribution is 5.76. The van der Waals surface area contributed by atoms with Crippen LogP contribution in [0.4, 0.5) is 0 Å². The monoisotopic (exact) mass is 307 g/mol. The van der Waals surface area contributed by atoms with Crippen molar-refractivity contribution in [1.29, 1.82) is 0 Å². The molecule has 3 aliphatic heterocycles. The molecule has 3 fully saturated rings. The van der Waals surface area contributed by atoms with Gasteiger partial charge in [-0.05, 0) is 70.5 Å². The summed E-state index contributed by atoms with van der Waals surface area (Å²) in [6, 6.07) is 1.80. The molecule has 3 aliphatic rings. The predicted molar refractivity (Wildman–Crippen MR) is 89.7 cm³/mol. The number of nitrogens with zero attached hydrogens (tertiary/aromatic N) is 1. The van der Waals surface area contributed by atoms with Crippen molar-refractivity contribution in [2.45, 2.75) is 76.4 Å². The normalized spacial score (nSPS) is 37.5. The van der Waals surface area contributed by atoms with Crippen molar-refractivity contribution < 1.29 is 4.79 Å². The fourth-order valence-electron chi connectivity index (χ4n) is 4.84. The smallest absolute Gasteiger partial charge is 0.220 e. The van der Waals surface area contributed by atoms with E-state index < -0.39 is 0 Å². The summed E-state index contributed by atoms with van der Waals surface area (Å²) < 4.78 is 0. The van der Waals surface area contributed by atoms with Gasteiger partial charge in [0.15, 0.2) is 0 Å². The number of carbonyl (C=O) groups excluding carboxylic acids is 1. The van der Waals surface area contributed by atoms with Gasteiger partial charge in [-0.25, -0.2) is 0 Å². The number of nitrogens with one attached hydrogen (secondary N) is 2. The van der Waals surface area contributed by atoms with Gasteiger partial charge in [0.2, 0.25) is 5.91 Å². The molecule has 2 N–H and O–H groups in total. The Bertz CT molecular complexity index is 367. The number of fused-ring (bicyclic) bond motifs is 2. The number of carbonyl (C=O) groups is 1. The molecule has 126 valence electrons. The van der Waals surface area contributed by atoms with Crippen molar-refractivity contribution in [3.05, 3.63) is 0 Å². The molecule has 4 nitrogen and oxygen atoms in total. The summed E-state index contributed by atoms with van der Waals surface area (Å²) in [4.78, 5) is 15.0. The van der Waals surface area contributed by atoms with Crippen LogP contribution in [0.25, 0.3) is 0 Å². The maximum absolute atomic E-state index is 12.4. The predicted octanol–water partition coefficient (Wildman–Crippen LogP) is 2.14. The Morgan fingerprint density at radius 3 is 2.59 bits per heavy atom. The standard InChI is InChI=1S/C18H33N3O/c1-13(14-5-4-8-19-12-14)9-18(22)20-15-10-16-6-3-7-17(11-15)21(16)2/h13-17,19H,3-12H2,1-2H3,(H,20,22).